The lowest BCUT2D eigenvalue weighted by Gasteiger charge is -2.10. The number of aromatic amines is 1. The Bertz CT molecular complexity index is 1050. The van der Waals surface area contributed by atoms with Crippen molar-refractivity contribution in [2.24, 2.45) is 0 Å². The Morgan fingerprint density at radius 1 is 1.42 bits per heavy atom. The molecule has 2 N–H and O–H groups in total. The van der Waals surface area contributed by atoms with Gasteiger partial charge in [0.2, 0.25) is 5.91 Å². The highest BCUT2D eigenvalue weighted by Gasteiger charge is 2.14. The van der Waals surface area contributed by atoms with Crippen molar-refractivity contribution in [3.05, 3.63) is 51.2 Å². The number of thioether (sulfide) groups is 1. The molecule has 1 aromatic carbocycles. The quantitative estimate of drug-likeness (QED) is 0.512. The molecule has 0 unspecified atom stereocenters. The zero-order valence-corrected chi connectivity index (χ0v) is 15.7. The molecular weight excluding hydrogens is 379 g/mol. The lowest BCUT2D eigenvalue weighted by molar-refractivity contribution is -0.113. The second-order valence-electron chi connectivity index (χ2n) is 5.62. The average molecular weight is 395 g/mol. The van der Waals surface area contributed by atoms with Gasteiger partial charge in [0.25, 0.3) is 5.56 Å². The van der Waals surface area contributed by atoms with Gasteiger partial charge in [-0.2, -0.15) is 0 Å². The van der Waals surface area contributed by atoms with Crippen molar-refractivity contribution in [2.75, 3.05) is 11.1 Å². The number of aromatic nitrogens is 3. The van der Waals surface area contributed by atoms with Crippen molar-refractivity contribution in [3.63, 3.8) is 0 Å². The molecule has 0 saturated carbocycles. The number of halogens is 2. The molecule has 3 rings (SSSR count). The van der Waals surface area contributed by atoms with Crippen LogP contribution in [0.15, 0.2) is 34.2 Å². The van der Waals surface area contributed by atoms with E-state index in [0.29, 0.717) is 22.7 Å². The number of carbonyl (C=O) groups is 1. The second kappa shape index (κ2) is 7.51. The van der Waals surface area contributed by atoms with Crippen LogP contribution in [-0.2, 0) is 11.3 Å². The molecule has 1 amide bonds. The summed E-state index contributed by atoms with van der Waals surface area (Å²) in [6.45, 7) is 4.11. The van der Waals surface area contributed by atoms with E-state index in [2.05, 4.69) is 15.3 Å². The third-order valence-electron chi connectivity index (χ3n) is 3.69. The Labute approximate surface area is 157 Å². The number of aryl methyl sites for hydroxylation is 1. The molecule has 0 aliphatic carbocycles. The number of benzene rings is 1. The van der Waals surface area contributed by atoms with E-state index >= 15 is 0 Å². The van der Waals surface area contributed by atoms with Crippen LogP contribution in [0.2, 0.25) is 5.02 Å². The first-order valence-electron chi connectivity index (χ1n) is 7.87. The molecule has 2 aromatic heterocycles. The van der Waals surface area contributed by atoms with Crippen LogP contribution in [-0.4, -0.2) is 26.2 Å². The molecular formula is C17H16ClFN4O2S. The summed E-state index contributed by atoms with van der Waals surface area (Å²) in [5, 5.41) is 3.26. The van der Waals surface area contributed by atoms with Crippen LogP contribution in [0.3, 0.4) is 0 Å². The average Bonchev–Trinajstić information content (AvgIpc) is 2.97. The second-order valence-corrected chi connectivity index (χ2v) is 6.97. The molecule has 2 heterocycles. The highest BCUT2D eigenvalue weighted by atomic mass is 35.5. The minimum absolute atomic E-state index is 0.00813. The van der Waals surface area contributed by atoms with Crippen LogP contribution in [0.5, 0.6) is 0 Å². The summed E-state index contributed by atoms with van der Waals surface area (Å²) < 4.78 is 14.8. The number of nitrogens with one attached hydrogen (secondary N) is 2. The maximum atomic E-state index is 13.3. The number of fused-ring (bicyclic) bond motifs is 1. The van der Waals surface area contributed by atoms with Gasteiger partial charge in [-0.25, -0.2) is 9.37 Å². The Morgan fingerprint density at radius 3 is 2.92 bits per heavy atom. The predicted molar refractivity (Wildman–Crippen MR) is 102 cm³/mol. The maximum Gasteiger partial charge on any atom is 0.278 e. The fourth-order valence-electron chi connectivity index (χ4n) is 2.51. The Morgan fingerprint density at radius 2 is 2.19 bits per heavy atom. The van der Waals surface area contributed by atoms with Crippen LogP contribution in [0.25, 0.3) is 11.0 Å². The van der Waals surface area contributed by atoms with E-state index in [9.17, 15) is 14.0 Å². The number of hydrogen-bond donors (Lipinski definition) is 2. The van der Waals surface area contributed by atoms with E-state index in [-0.39, 0.29) is 27.9 Å². The van der Waals surface area contributed by atoms with E-state index in [0.717, 1.165) is 23.5 Å². The van der Waals surface area contributed by atoms with E-state index < -0.39 is 5.82 Å². The van der Waals surface area contributed by atoms with Crippen LogP contribution in [0.4, 0.5) is 10.1 Å². The van der Waals surface area contributed by atoms with Crippen molar-refractivity contribution in [1.29, 1.82) is 0 Å². The molecule has 0 aliphatic rings. The molecule has 136 valence electrons. The Hall–Kier alpha value is -2.32. The first-order valence-corrected chi connectivity index (χ1v) is 9.23. The fraction of sp³-hybridized carbons (Fsp3) is 0.235. The molecule has 0 atom stereocenters. The minimum Gasteiger partial charge on any atom is -0.353 e. The van der Waals surface area contributed by atoms with Crippen LogP contribution in [0, 0.1) is 12.7 Å². The number of H-pyrrole nitrogens is 1. The van der Waals surface area contributed by atoms with Gasteiger partial charge >= 0.3 is 0 Å². The number of anilines is 1. The van der Waals surface area contributed by atoms with Crippen molar-refractivity contribution >= 4 is 46.0 Å². The molecule has 0 bridgehead atoms. The molecule has 0 fully saturated rings. The predicted octanol–water partition coefficient (Wildman–Crippen LogP) is 3.58. The van der Waals surface area contributed by atoms with Gasteiger partial charge in [0.05, 0.1) is 22.0 Å². The number of hydrogen-bond acceptors (Lipinski definition) is 4. The Balaban J connectivity index is 1.79. The van der Waals surface area contributed by atoms with E-state index in [1.165, 1.54) is 16.7 Å². The van der Waals surface area contributed by atoms with Gasteiger partial charge in [0.15, 0.2) is 5.16 Å². The van der Waals surface area contributed by atoms with Gasteiger partial charge in [-0.05, 0) is 38.1 Å². The molecule has 9 heteroatoms. The van der Waals surface area contributed by atoms with Gasteiger partial charge in [-0.15, -0.1) is 0 Å². The van der Waals surface area contributed by atoms with Crippen LogP contribution < -0.4 is 10.9 Å². The minimum atomic E-state index is -0.493. The summed E-state index contributed by atoms with van der Waals surface area (Å²) in [5.41, 5.74) is 1.88. The molecule has 0 radical (unpaired) electrons. The SMILES string of the molecule is CCn1c(SCC(=O)Nc2cc(F)ccc2Cl)nc2cc(C)[nH]c2c1=O. The summed E-state index contributed by atoms with van der Waals surface area (Å²) in [5.74, 6) is -0.856. The molecule has 26 heavy (non-hydrogen) atoms. The monoisotopic (exact) mass is 394 g/mol. The third-order valence-corrected chi connectivity index (χ3v) is 4.99. The van der Waals surface area contributed by atoms with Gasteiger partial charge in [-0.3, -0.25) is 14.2 Å². The summed E-state index contributed by atoms with van der Waals surface area (Å²) in [6, 6.07) is 5.52. The van der Waals surface area contributed by atoms with Gasteiger partial charge < -0.3 is 10.3 Å². The molecule has 3 aromatic rings. The largest absolute Gasteiger partial charge is 0.353 e. The summed E-state index contributed by atoms with van der Waals surface area (Å²) in [4.78, 5) is 32.2. The summed E-state index contributed by atoms with van der Waals surface area (Å²) in [6.07, 6.45) is 0. The smallest absolute Gasteiger partial charge is 0.278 e. The summed E-state index contributed by atoms with van der Waals surface area (Å²) >= 11 is 7.08. The number of carbonyl (C=O) groups excluding carboxylic acids is 1. The number of rotatable bonds is 5. The van der Waals surface area contributed by atoms with Crippen molar-refractivity contribution < 1.29 is 9.18 Å². The lowest BCUT2D eigenvalue weighted by atomic mass is 10.3. The van der Waals surface area contributed by atoms with Gasteiger partial charge in [0.1, 0.15) is 11.3 Å². The van der Waals surface area contributed by atoms with Gasteiger partial charge in [-0.1, -0.05) is 23.4 Å². The standard InChI is InChI=1S/C17H16ClFN4O2S/c1-3-23-16(25)15-13(6-9(2)20-15)22-17(23)26-8-14(24)21-12-7-10(19)4-5-11(12)18/h4-7,20H,3,8H2,1-2H3,(H,21,24). The zero-order chi connectivity index (χ0) is 18.8. The highest BCUT2D eigenvalue weighted by Crippen LogP contribution is 2.23. The number of amides is 1. The van der Waals surface area contributed by atoms with E-state index in [1.807, 2.05) is 13.8 Å². The highest BCUT2D eigenvalue weighted by molar-refractivity contribution is 7.99. The third kappa shape index (κ3) is 3.76. The lowest BCUT2D eigenvalue weighted by Crippen LogP contribution is -2.23. The number of nitrogens with zero attached hydrogens (tertiary/aromatic N) is 2. The molecule has 0 saturated heterocycles. The van der Waals surface area contributed by atoms with E-state index in [4.69, 9.17) is 11.6 Å². The fourth-order valence-corrected chi connectivity index (χ4v) is 3.54. The molecule has 0 aliphatic heterocycles. The van der Waals surface area contributed by atoms with Crippen LogP contribution >= 0.6 is 23.4 Å². The van der Waals surface area contributed by atoms with Crippen molar-refractivity contribution in [3.8, 4) is 0 Å². The normalized spacial score (nSPS) is 11.1. The molecule has 0 spiro atoms. The van der Waals surface area contributed by atoms with Crippen LogP contribution in [0.1, 0.15) is 12.6 Å². The van der Waals surface area contributed by atoms with Gasteiger partial charge in [0, 0.05) is 12.2 Å². The first kappa shape index (κ1) is 18.5. The summed E-state index contributed by atoms with van der Waals surface area (Å²) in [7, 11) is 0. The maximum absolute atomic E-state index is 13.3. The Kier molecular flexibility index (Phi) is 5.33. The van der Waals surface area contributed by atoms with Crippen molar-refractivity contribution in [2.45, 2.75) is 25.5 Å². The zero-order valence-electron chi connectivity index (χ0n) is 14.1. The first-order chi connectivity index (χ1) is 12.4. The topological polar surface area (TPSA) is 79.8 Å². The molecule has 6 nitrogen and oxygen atoms in total. The van der Waals surface area contributed by atoms with E-state index in [1.54, 1.807) is 6.07 Å². The van der Waals surface area contributed by atoms with Crippen molar-refractivity contribution in [1.82, 2.24) is 14.5 Å².